The normalized spacial score (nSPS) is 22.5. The van der Waals surface area contributed by atoms with Gasteiger partial charge in [0.05, 0.1) is 13.0 Å². The molecular formula is C17H27N5O2. The molecule has 0 aliphatic carbocycles. The molecule has 0 amide bonds. The molecule has 2 fully saturated rings. The number of nitrogens with zero attached hydrogens (tertiary/aromatic N) is 4. The van der Waals surface area contributed by atoms with Crippen molar-refractivity contribution in [3.05, 3.63) is 6.33 Å². The zero-order valence-electron chi connectivity index (χ0n) is 14.6. The summed E-state index contributed by atoms with van der Waals surface area (Å²) in [7, 11) is 1.45. The monoisotopic (exact) mass is 333 g/mol. The molecule has 132 valence electrons. The number of aromatic nitrogens is 2. The number of methoxy groups -OCH3 is 1. The lowest BCUT2D eigenvalue weighted by molar-refractivity contribution is -0.146. The summed E-state index contributed by atoms with van der Waals surface area (Å²) in [6, 6.07) is 0.453. The van der Waals surface area contributed by atoms with Crippen LogP contribution in [-0.2, 0) is 9.53 Å². The first-order chi connectivity index (χ1) is 11.6. The lowest BCUT2D eigenvalue weighted by atomic mass is 9.97. The van der Waals surface area contributed by atoms with Gasteiger partial charge in [-0.25, -0.2) is 9.97 Å². The predicted octanol–water partition coefficient (Wildman–Crippen LogP) is 1.83. The van der Waals surface area contributed by atoms with E-state index in [9.17, 15) is 4.79 Å². The molecule has 3 heterocycles. The molecule has 1 atom stereocenters. The maximum absolute atomic E-state index is 11.7. The van der Waals surface area contributed by atoms with Crippen LogP contribution in [0.15, 0.2) is 6.33 Å². The SMILES string of the molecule is COC(=O)C1CCN(c2ncnc(N3CCCCC3C)c2N)CC1. The largest absolute Gasteiger partial charge is 0.469 e. The maximum atomic E-state index is 11.7. The highest BCUT2D eigenvalue weighted by molar-refractivity contribution is 5.77. The molecule has 1 aromatic rings. The summed E-state index contributed by atoms with van der Waals surface area (Å²) in [5.74, 6) is 1.51. The summed E-state index contributed by atoms with van der Waals surface area (Å²) in [6.07, 6.45) is 6.75. The third kappa shape index (κ3) is 3.25. The van der Waals surface area contributed by atoms with Crippen LogP contribution in [-0.4, -0.2) is 48.7 Å². The van der Waals surface area contributed by atoms with Crippen molar-refractivity contribution in [1.29, 1.82) is 0 Å². The summed E-state index contributed by atoms with van der Waals surface area (Å²) < 4.78 is 4.85. The quantitative estimate of drug-likeness (QED) is 0.845. The molecule has 0 radical (unpaired) electrons. The minimum absolute atomic E-state index is 0.0177. The second kappa shape index (κ2) is 7.23. The number of piperidine rings is 2. The zero-order chi connectivity index (χ0) is 17.1. The van der Waals surface area contributed by atoms with Gasteiger partial charge in [-0.15, -0.1) is 0 Å². The molecule has 2 aliphatic heterocycles. The van der Waals surface area contributed by atoms with Crippen LogP contribution < -0.4 is 15.5 Å². The molecule has 2 aliphatic rings. The molecule has 7 nitrogen and oxygen atoms in total. The Morgan fingerprint density at radius 2 is 1.88 bits per heavy atom. The Kier molecular flexibility index (Phi) is 5.06. The molecule has 1 unspecified atom stereocenters. The third-order valence-corrected chi connectivity index (χ3v) is 5.25. The van der Waals surface area contributed by atoms with Crippen molar-refractivity contribution in [2.24, 2.45) is 5.92 Å². The Labute approximate surface area is 143 Å². The van der Waals surface area contributed by atoms with Crippen LogP contribution in [0.25, 0.3) is 0 Å². The number of anilines is 3. The molecule has 0 spiro atoms. The van der Waals surface area contributed by atoms with E-state index < -0.39 is 0 Å². The third-order valence-electron chi connectivity index (χ3n) is 5.25. The van der Waals surface area contributed by atoms with Crippen LogP contribution in [0.3, 0.4) is 0 Å². The van der Waals surface area contributed by atoms with Gasteiger partial charge in [-0.05, 0) is 39.0 Å². The van der Waals surface area contributed by atoms with Gasteiger partial charge in [0.1, 0.15) is 12.0 Å². The number of ether oxygens (including phenoxy) is 1. The molecular weight excluding hydrogens is 306 g/mol. The lowest BCUT2D eigenvalue weighted by Crippen LogP contribution is -2.40. The number of nitrogen functional groups attached to an aromatic ring is 1. The van der Waals surface area contributed by atoms with Crippen LogP contribution in [0.1, 0.15) is 39.0 Å². The number of carbonyl (C=O) groups is 1. The van der Waals surface area contributed by atoms with Crippen molar-refractivity contribution in [1.82, 2.24) is 9.97 Å². The van der Waals surface area contributed by atoms with Crippen molar-refractivity contribution in [3.63, 3.8) is 0 Å². The minimum atomic E-state index is -0.117. The highest BCUT2D eigenvalue weighted by atomic mass is 16.5. The Hall–Kier alpha value is -2.05. The van der Waals surface area contributed by atoms with Crippen molar-refractivity contribution < 1.29 is 9.53 Å². The summed E-state index contributed by atoms with van der Waals surface area (Å²) in [5, 5.41) is 0. The molecule has 0 aromatic carbocycles. The molecule has 2 saturated heterocycles. The fourth-order valence-electron chi connectivity index (χ4n) is 3.76. The van der Waals surface area contributed by atoms with E-state index in [1.54, 1.807) is 6.33 Å². The van der Waals surface area contributed by atoms with E-state index in [-0.39, 0.29) is 11.9 Å². The van der Waals surface area contributed by atoms with Crippen molar-refractivity contribution in [2.45, 2.75) is 45.1 Å². The van der Waals surface area contributed by atoms with Gasteiger partial charge in [-0.2, -0.15) is 0 Å². The van der Waals surface area contributed by atoms with Crippen molar-refractivity contribution in [2.75, 3.05) is 42.3 Å². The maximum Gasteiger partial charge on any atom is 0.308 e. The predicted molar refractivity (Wildman–Crippen MR) is 94.1 cm³/mol. The first kappa shape index (κ1) is 16.8. The Balaban J connectivity index is 1.75. The standard InChI is InChI=1S/C17H27N5O2/c1-12-5-3-4-8-22(12)16-14(18)15(19-11-20-16)21-9-6-13(7-10-21)17(23)24-2/h11-13H,3-10,18H2,1-2H3. The van der Waals surface area contributed by atoms with Gasteiger partial charge < -0.3 is 20.3 Å². The molecule has 2 N–H and O–H groups in total. The molecule has 0 bridgehead atoms. The van der Waals surface area contributed by atoms with Gasteiger partial charge in [0.2, 0.25) is 0 Å². The van der Waals surface area contributed by atoms with Crippen molar-refractivity contribution in [3.8, 4) is 0 Å². The molecule has 3 rings (SSSR count). The van der Waals surface area contributed by atoms with Gasteiger partial charge in [-0.1, -0.05) is 0 Å². The average molecular weight is 333 g/mol. The van der Waals surface area contributed by atoms with E-state index in [0.29, 0.717) is 11.7 Å². The second-order valence-corrected chi connectivity index (χ2v) is 6.76. The van der Waals surface area contributed by atoms with Gasteiger partial charge in [0.25, 0.3) is 0 Å². The van der Waals surface area contributed by atoms with E-state index in [1.807, 2.05) is 0 Å². The van der Waals surface area contributed by atoms with E-state index in [4.69, 9.17) is 10.5 Å². The first-order valence-corrected chi connectivity index (χ1v) is 8.81. The van der Waals surface area contributed by atoms with Crippen LogP contribution in [0.2, 0.25) is 0 Å². The lowest BCUT2D eigenvalue weighted by Gasteiger charge is -2.37. The number of carbonyl (C=O) groups excluding carboxylic acids is 1. The minimum Gasteiger partial charge on any atom is -0.469 e. The number of rotatable bonds is 3. The smallest absolute Gasteiger partial charge is 0.308 e. The summed E-state index contributed by atoms with van der Waals surface area (Å²) in [4.78, 5) is 25.0. The molecule has 7 heteroatoms. The average Bonchev–Trinajstić information content (AvgIpc) is 2.62. The summed E-state index contributed by atoms with van der Waals surface area (Å²) >= 11 is 0. The Bertz CT molecular complexity index is 586. The number of hydrogen-bond donors (Lipinski definition) is 1. The molecule has 24 heavy (non-hydrogen) atoms. The second-order valence-electron chi connectivity index (χ2n) is 6.76. The fourth-order valence-corrected chi connectivity index (χ4v) is 3.76. The van der Waals surface area contributed by atoms with Crippen LogP contribution in [0.5, 0.6) is 0 Å². The number of esters is 1. The van der Waals surface area contributed by atoms with Gasteiger partial charge >= 0.3 is 5.97 Å². The van der Waals surface area contributed by atoms with Gasteiger partial charge in [-0.3, -0.25) is 4.79 Å². The van der Waals surface area contributed by atoms with E-state index in [1.165, 1.54) is 26.4 Å². The van der Waals surface area contributed by atoms with Gasteiger partial charge in [0.15, 0.2) is 11.6 Å². The Morgan fingerprint density at radius 1 is 1.17 bits per heavy atom. The highest BCUT2D eigenvalue weighted by Gasteiger charge is 2.29. The van der Waals surface area contributed by atoms with Crippen LogP contribution in [0, 0.1) is 5.92 Å². The first-order valence-electron chi connectivity index (χ1n) is 8.81. The summed E-state index contributed by atoms with van der Waals surface area (Å²) in [6.45, 7) is 4.74. The Morgan fingerprint density at radius 3 is 2.54 bits per heavy atom. The highest BCUT2D eigenvalue weighted by Crippen LogP contribution is 2.34. The topological polar surface area (TPSA) is 84.6 Å². The molecule has 1 aromatic heterocycles. The number of hydrogen-bond acceptors (Lipinski definition) is 7. The van der Waals surface area contributed by atoms with Crippen molar-refractivity contribution >= 4 is 23.3 Å². The zero-order valence-corrected chi connectivity index (χ0v) is 14.6. The van der Waals surface area contributed by atoms with Crippen LogP contribution >= 0.6 is 0 Å². The number of nitrogens with two attached hydrogens (primary N) is 1. The molecule has 0 saturated carbocycles. The van der Waals surface area contributed by atoms with E-state index in [0.717, 1.165) is 44.1 Å². The van der Waals surface area contributed by atoms with E-state index >= 15 is 0 Å². The van der Waals surface area contributed by atoms with Crippen LogP contribution in [0.4, 0.5) is 17.3 Å². The summed E-state index contributed by atoms with van der Waals surface area (Å²) in [5.41, 5.74) is 7.08. The fraction of sp³-hybridized carbons (Fsp3) is 0.706. The van der Waals surface area contributed by atoms with E-state index in [2.05, 4.69) is 26.7 Å². The van der Waals surface area contributed by atoms with Gasteiger partial charge in [0, 0.05) is 25.7 Å².